The van der Waals surface area contributed by atoms with Crippen LogP contribution in [0.25, 0.3) is 0 Å². The maximum atomic E-state index is 11.7. The molecule has 1 aromatic carbocycles. The average molecular weight is 295 g/mol. The molecular formula is C14H15ClN2OS. The molecular weight excluding hydrogens is 280 g/mol. The summed E-state index contributed by atoms with van der Waals surface area (Å²) in [5, 5.41) is 6.63. The Kier molecular flexibility index (Phi) is 4.93. The first kappa shape index (κ1) is 14.0. The first-order valence-electron chi connectivity index (χ1n) is 6.05. The standard InChI is InChI=1S/C14H15ClN2OS/c1-10-17-13(9-19-10)6-7-14(18)16-8-11-2-4-12(15)5-3-11/h2-5,9H,6-8H2,1H3,(H,16,18). The maximum Gasteiger partial charge on any atom is 0.220 e. The molecule has 1 heterocycles. The number of hydrogen-bond donors (Lipinski definition) is 1. The van der Waals surface area contributed by atoms with Gasteiger partial charge in [0.25, 0.3) is 0 Å². The zero-order valence-electron chi connectivity index (χ0n) is 10.6. The molecule has 19 heavy (non-hydrogen) atoms. The third-order valence-electron chi connectivity index (χ3n) is 2.68. The number of aromatic nitrogens is 1. The van der Waals surface area contributed by atoms with E-state index < -0.39 is 0 Å². The second-order valence-electron chi connectivity index (χ2n) is 4.26. The lowest BCUT2D eigenvalue weighted by atomic mass is 10.2. The number of hydrogen-bond acceptors (Lipinski definition) is 3. The first-order chi connectivity index (χ1) is 9.13. The van der Waals surface area contributed by atoms with Crippen LogP contribution in [0.2, 0.25) is 5.02 Å². The fraction of sp³-hybridized carbons (Fsp3) is 0.286. The number of benzene rings is 1. The van der Waals surface area contributed by atoms with Gasteiger partial charge >= 0.3 is 0 Å². The highest BCUT2D eigenvalue weighted by molar-refractivity contribution is 7.09. The van der Waals surface area contributed by atoms with Gasteiger partial charge in [0.2, 0.25) is 5.91 Å². The summed E-state index contributed by atoms with van der Waals surface area (Å²) in [5.41, 5.74) is 2.03. The van der Waals surface area contributed by atoms with Crippen LogP contribution in [0.15, 0.2) is 29.6 Å². The van der Waals surface area contributed by atoms with E-state index in [-0.39, 0.29) is 5.91 Å². The molecule has 0 radical (unpaired) electrons. The Hall–Kier alpha value is -1.39. The van der Waals surface area contributed by atoms with Crippen LogP contribution in [0.3, 0.4) is 0 Å². The Morgan fingerprint density at radius 2 is 2.11 bits per heavy atom. The minimum Gasteiger partial charge on any atom is -0.352 e. The van der Waals surface area contributed by atoms with E-state index in [1.165, 1.54) is 0 Å². The van der Waals surface area contributed by atoms with Crippen molar-refractivity contribution in [2.24, 2.45) is 0 Å². The summed E-state index contributed by atoms with van der Waals surface area (Å²) < 4.78 is 0. The highest BCUT2D eigenvalue weighted by Gasteiger charge is 2.04. The van der Waals surface area contributed by atoms with Crippen molar-refractivity contribution >= 4 is 28.8 Å². The molecule has 0 bridgehead atoms. The summed E-state index contributed by atoms with van der Waals surface area (Å²) >= 11 is 7.41. The summed E-state index contributed by atoms with van der Waals surface area (Å²) in [7, 11) is 0. The van der Waals surface area contributed by atoms with Crippen LogP contribution in [-0.2, 0) is 17.8 Å². The van der Waals surface area contributed by atoms with Crippen molar-refractivity contribution in [2.45, 2.75) is 26.3 Å². The molecule has 2 rings (SSSR count). The second-order valence-corrected chi connectivity index (χ2v) is 5.76. The van der Waals surface area contributed by atoms with Gasteiger partial charge in [-0.1, -0.05) is 23.7 Å². The predicted molar refractivity (Wildman–Crippen MR) is 78.5 cm³/mol. The number of halogens is 1. The molecule has 3 nitrogen and oxygen atoms in total. The highest BCUT2D eigenvalue weighted by Crippen LogP contribution is 2.10. The van der Waals surface area contributed by atoms with E-state index in [1.807, 2.05) is 36.6 Å². The number of nitrogens with one attached hydrogen (secondary N) is 1. The summed E-state index contributed by atoms with van der Waals surface area (Å²) in [6.07, 6.45) is 1.16. The van der Waals surface area contributed by atoms with Gasteiger partial charge in [0.05, 0.1) is 10.7 Å². The van der Waals surface area contributed by atoms with Gasteiger partial charge in [0.15, 0.2) is 0 Å². The Labute approximate surface area is 121 Å². The molecule has 1 N–H and O–H groups in total. The van der Waals surface area contributed by atoms with Crippen molar-refractivity contribution in [2.75, 3.05) is 0 Å². The third kappa shape index (κ3) is 4.65. The molecule has 0 spiro atoms. The minimum atomic E-state index is 0.0422. The first-order valence-corrected chi connectivity index (χ1v) is 7.31. The number of rotatable bonds is 5. The van der Waals surface area contributed by atoms with Crippen LogP contribution in [0.4, 0.5) is 0 Å². The highest BCUT2D eigenvalue weighted by atomic mass is 35.5. The summed E-state index contributed by atoms with van der Waals surface area (Å²) in [4.78, 5) is 16.0. The van der Waals surface area contributed by atoms with Gasteiger partial charge in [-0.2, -0.15) is 0 Å². The lowest BCUT2D eigenvalue weighted by Crippen LogP contribution is -2.22. The molecule has 1 aromatic heterocycles. The molecule has 0 unspecified atom stereocenters. The molecule has 0 aliphatic heterocycles. The Bertz CT molecular complexity index is 551. The average Bonchev–Trinajstić information content (AvgIpc) is 2.81. The van der Waals surface area contributed by atoms with E-state index in [0.29, 0.717) is 24.4 Å². The van der Waals surface area contributed by atoms with Gasteiger partial charge in [-0.25, -0.2) is 4.98 Å². The monoisotopic (exact) mass is 294 g/mol. The van der Waals surface area contributed by atoms with Crippen LogP contribution in [0.1, 0.15) is 22.7 Å². The molecule has 1 amide bonds. The molecule has 0 atom stereocenters. The molecule has 5 heteroatoms. The zero-order chi connectivity index (χ0) is 13.7. The van der Waals surface area contributed by atoms with Crippen LogP contribution in [0, 0.1) is 6.92 Å². The Morgan fingerprint density at radius 3 is 2.74 bits per heavy atom. The van der Waals surface area contributed by atoms with Crippen molar-refractivity contribution in [3.8, 4) is 0 Å². The van der Waals surface area contributed by atoms with Gasteiger partial charge in [-0.05, 0) is 31.0 Å². The largest absolute Gasteiger partial charge is 0.352 e. The van der Waals surface area contributed by atoms with Gasteiger partial charge in [-0.15, -0.1) is 11.3 Å². The summed E-state index contributed by atoms with van der Waals surface area (Å²) in [6, 6.07) is 7.46. The summed E-state index contributed by atoms with van der Waals surface area (Å²) in [6.45, 7) is 2.50. The van der Waals surface area contributed by atoms with Gasteiger partial charge in [0.1, 0.15) is 0 Å². The van der Waals surface area contributed by atoms with E-state index in [9.17, 15) is 4.79 Å². The number of amides is 1. The molecule has 2 aromatic rings. The topological polar surface area (TPSA) is 42.0 Å². The van der Waals surface area contributed by atoms with Gasteiger partial charge < -0.3 is 5.32 Å². The third-order valence-corrected chi connectivity index (χ3v) is 3.75. The fourth-order valence-electron chi connectivity index (χ4n) is 1.66. The molecule has 0 fully saturated rings. The number of nitrogens with zero attached hydrogens (tertiary/aromatic N) is 1. The van der Waals surface area contributed by atoms with Gasteiger partial charge in [0, 0.05) is 23.4 Å². The van der Waals surface area contributed by atoms with E-state index >= 15 is 0 Å². The molecule has 0 aliphatic carbocycles. The van der Waals surface area contributed by atoms with Crippen molar-refractivity contribution in [1.82, 2.24) is 10.3 Å². The van der Waals surface area contributed by atoms with Crippen LogP contribution in [-0.4, -0.2) is 10.9 Å². The van der Waals surface area contributed by atoms with Crippen molar-refractivity contribution in [3.63, 3.8) is 0 Å². The Balaban J connectivity index is 1.74. The smallest absolute Gasteiger partial charge is 0.220 e. The van der Waals surface area contributed by atoms with Crippen LogP contribution < -0.4 is 5.32 Å². The quantitative estimate of drug-likeness (QED) is 0.919. The van der Waals surface area contributed by atoms with Crippen LogP contribution >= 0.6 is 22.9 Å². The summed E-state index contributed by atoms with van der Waals surface area (Å²) in [5.74, 6) is 0.0422. The number of carbonyl (C=O) groups excluding carboxylic acids is 1. The fourth-order valence-corrected chi connectivity index (χ4v) is 2.43. The normalized spacial score (nSPS) is 10.4. The van der Waals surface area contributed by atoms with E-state index in [1.54, 1.807) is 11.3 Å². The van der Waals surface area contributed by atoms with Crippen molar-refractivity contribution < 1.29 is 4.79 Å². The molecule has 100 valence electrons. The van der Waals surface area contributed by atoms with E-state index in [0.717, 1.165) is 16.3 Å². The number of carbonyl (C=O) groups is 1. The molecule has 0 saturated carbocycles. The number of thiazole rings is 1. The second kappa shape index (κ2) is 6.68. The SMILES string of the molecule is Cc1nc(CCC(=O)NCc2ccc(Cl)cc2)cs1. The Morgan fingerprint density at radius 1 is 1.37 bits per heavy atom. The van der Waals surface area contributed by atoms with E-state index in [2.05, 4.69) is 10.3 Å². The minimum absolute atomic E-state index is 0.0422. The van der Waals surface area contributed by atoms with Crippen LogP contribution in [0.5, 0.6) is 0 Å². The number of aryl methyl sites for hydroxylation is 2. The van der Waals surface area contributed by atoms with Crippen molar-refractivity contribution in [3.05, 3.63) is 50.9 Å². The predicted octanol–water partition coefficient (Wildman–Crippen LogP) is 3.35. The lowest BCUT2D eigenvalue weighted by Gasteiger charge is -2.04. The molecule has 0 saturated heterocycles. The lowest BCUT2D eigenvalue weighted by molar-refractivity contribution is -0.121. The van der Waals surface area contributed by atoms with Crippen molar-refractivity contribution in [1.29, 1.82) is 0 Å². The maximum absolute atomic E-state index is 11.7. The zero-order valence-corrected chi connectivity index (χ0v) is 12.2. The van der Waals surface area contributed by atoms with E-state index in [4.69, 9.17) is 11.6 Å². The molecule has 0 aliphatic rings. The van der Waals surface area contributed by atoms with Gasteiger partial charge in [-0.3, -0.25) is 4.79 Å².